The minimum Gasteiger partial charge on any atom is -0.458 e. The number of nitrogens with zero attached hydrogens (tertiary/aromatic N) is 4. The summed E-state index contributed by atoms with van der Waals surface area (Å²) in [5.74, 6) is -1.80. The molecule has 1 atom stereocenters. The summed E-state index contributed by atoms with van der Waals surface area (Å²) in [5.41, 5.74) is -4.12. The van der Waals surface area contributed by atoms with Gasteiger partial charge in [0.05, 0.1) is 10.0 Å². The second-order valence-electron chi connectivity index (χ2n) is 10.7. The molecule has 8 nitrogen and oxygen atoms in total. The zero-order valence-corrected chi connectivity index (χ0v) is 24.2. The van der Waals surface area contributed by atoms with E-state index >= 15 is 4.39 Å². The molecule has 0 N–H and O–H groups in total. The Morgan fingerprint density at radius 2 is 1.85 bits per heavy atom. The molecule has 1 aliphatic heterocycles. The SMILES string of the molecule is Cn1cc(Br)c(Oc2ccc(F)c(C(C(=O)OC(C)(C)C)n3cc(CCN4CC(F)C4)c(C(F)(F)F)cc3=O)c2)n1. The first-order valence-corrected chi connectivity index (χ1v) is 13.4. The predicted octanol–water partition coefficient (Wildman–Crippen LogP) is 5.42. The van der Waals surface area contributed by atoms with Crippen LogP contribution in [0.1, 0.15) is 43.5 Å². The Morgan fingerprint density at radius 3 is 2.41 bits per heavy atom. The fourth-order valence-electron chi connectivity index (χ4n) is 4.39. The lowest BCUT2D eigenvalue weighted by Crippen LogP contribution is -2.49. The van der Waals surface area contributed by atoms with Gasteiger partial charge in [0.15, 0.2) is 6.04 Å². The van der Waals surface area contributed by atoms with Gasteiger partial charge in [0.1, 0.15) is 23.3 Å². The van der Waals surface area contributed by atoms with Gasteiger partial charge in [0, 0.05) is 50.7 Å². The van der Waals surface area contributed by atoms with Gasteiger partial charge in [-0.2, -0.15) is 13.2 Å². The average molecular weight is 647 g/mol. The average Bonchev–Trinajstić information content (AvgIpc) is 3.13. The molecule has 2 aromatic heterocycles. The topological polar surface area (TPSA) is 78.6 Å². The second kappa shape index (κ2) is 11.6. The van der Waals surface area contributed by atoms with Crippen molar-refractivity contribution in [2.45, 2.75) is 51.2 Å². The first-order valence-electron chi connectivity index (χ1n) is 12.6. The number of hydrogen-bond donors (Lipinski definition) is 0. The molecule has 4 rings (SSSR count). The Labute approximate surface area is 240 Å². The molecule has 3 heterocycles. The zero-order valence-electron chi connectivity index (χ0n) is 22.6. The van der Waals surface area contributed by atoms with E-state index in [-0.39, 0.29) is 48.8 Å². The van der Waals surface area contributed by atoms with Crippen molar-refractivity contribution in [3.8, 4) is 11.6 Å². The molecule has 0 bridgehead atoms. The number of aryl methyl sites for hydroxylation is 1. The molecule has 222 valence electrons. The minimum atomic E-state index is -4.87. The Hall–Kier alpha value is -3.26. The zero-order chi connectivity index (χ0) is 30.3. The van der Waals surface area contributed by atoms with Gasteiger partial charge in [-0.25, -0.2) is 13.6 Å². The molecule has 0 amide bonds. The van der Waals surface area contributed by atoms with Gasteiger partial charge in [0.2, 0.25) is 0 Å². The predicted molar refractivity (Wildman–Crippen MR) is 142 cm³/mol. The minimum absolute atomic E-state index is 0.0492. The third-order valence-corrected chi connectivity index (χ3v) is 6.76. The number of pyridine rings is 1. The van der Waals surface area contributed by atoms with Crippen molar-refractivity contribution in [3.05, 3.63) is 74.0 Å². The van der Waals surface area contributed by atoms with E-state index in [2.05, 4.69) is 21.0 Å². The van der Waals surface area contributed by atoms with E-state index in [1.165, 1.54) is 10.7 Å². The number of hydrogen-bond acceptors (Lipinski definition) is 6. The van der Waals surface area contributed by atoms with E-state index in [9.17, 15) is 27.2 Å². The van der Waals surface area contributed by atoms with Crippen molar-refractivity contribution in [1.82, 2.24) is 19.2 Å². The largest absolute Gasteiger partial charge is 0.458 e. The highest BCUT2D eigenvalue weighted by atomic mass is 79.9. The summed E-state index contributed by atoms with van der Waals surface area (Å²) < 4.78 is 84.2. The first-order chi connectivity index (χ1) is 19.0. The number of alkyl halides is 4. The molecule has 14 heteroatoms. The van der Waals surface area contributed by atoms with Crippen LogP contribution >= 0.6 is 15.9 Å². The first kappa shape index (κ1) is 30.7. The lowest BCUT2D eigenvalue weighted by molar-refractivity contribution is -0.157. The molecule has 0 saturated carbocycles. The van der Waals surface area contributed by atoms with E-state index in [0.717, 1.165) is 22.9 Å². The van der Waals surface area contributed by atoms with Crippen molar-refractivity contribution < 1.29 is 36.2 Å². The van der Waals surface area contributed by atoms with Crippen LogP contribution in [0.2, 0.25) is 0 Å². The molecular weight excluding hydrogens is 619 g/mol. The van der Waals surface area contributed by atoms with Crippen LogP contribution in [-0.2, 0) is 29.2 Å². The van der Waals surface area contributed by atoms with E-state index in [1.54, 1.807) is 38.9 Å². The molecule has 0 aliphatic carbocycles. The van der Waals surface area contributed by atoms with E-state index in [4.69, 9.17) is 9.47 Å². The number of halogens is 6. The van der Waals surface area contributed by atoms with Crippen LogP contribution in [0, 0.1) is 5.82 Å². The maximum Gasteiger partial charge on any atom is 0.416 e. The summed E-state index contributed by atoms with van der Waals surface area (Å²) in [6.07, 6.45) is -3.61. The van der Waals surface area contributed by atoms with E-state index in [1.807, 2.05) is 0 Å². The summed E-state index contributed by atoms with van der Waals surface area (Å²) in [5, 5.41) is 4.13. The summed E-state index contributed by atoms with van der Waals surface area (Å²) >= 11 is 3.29. The maximum atomic E-state index is 15.3. The standard InChI is InChI=1S/C27H28BrF5N4O4/c1-26(2,3)41-25(39)23(18-9-17(5-6-21(18)30)40-24-20(28)14-35(4)34-24)37-11-15(7-8-36-12-16(29)13-36)19(10-22(37)38)27(31,32)33/h5-6,9-11,14,16,23H,7-8,12-13H2,1-4H3. The van der Waals surface area contributed by atoms with Gasteiger partial charge >= 0.3 is 12.1 Å². The molecule has 1 unspecified atom stereocenters. The Kier molecular flexibility index (Phi) is 8.65. The number of carbonyl (C=O) groups is 1. The highest BCUT2D eigenvalue weighted by molar-refractivity contribution is 9.10. The van der Waals surface area contributed by atoms with Gasteiger partial charge in [-0.3, -0.25) is 18.9 Å². The lowest BCUT2D eigenvalue weighted by Gasteiger charge is -2.34. The fraction of sp³-hybridized carbons (Fsp3) is 0.444. The van der Waals surface area contributed by atoms with Crippen molar-refractivity contribution >= 4 is 21.9 Å². The van der Waals surface area contributed by atoms with Gasteiger partial charge in [0.25, 0.3) is 11.4 Å². The summed E-state index contributed by atoms with van der Waals surface area (Å²) in [4.78, 5) is 28.2. The monoisotopic (exact) mass is 646 g/mol. The molecule has 1 aromatic carbocycles. The number of carbonyl (C=O) groups excluding carboxylic acids is 1. The number of rotatable bonds is 8. The molecule has 0 radical (unpaired) electrons. The van der Waals surface area contributed by atoms with Crippen LogP contribution in [-0.4, -0.2) is 56.6 Å². The number of benzene rings is 1. The highest BCUT2D eigenvalue weighted by Crippen LogP contribution is 2.35. The third kappa shape index (κ3) is 7.34. The molecule has 1 fully saturated rings. The van der Waals surface area contributed by atoms with Gasteiger partial charge in [-0.05, 0) is 66.9 Å². The molecule has 0 spiro atoms. The number of ether oxygens (including phenoxy) is 2. The quantitative estimate of drug-likeness (QED) is 0.240. The Bertz CT molecular complexity index is 1490. The van der Waals surface area contributed by atoms with Crippen LogP contribution < -0.4 is 10.3 Å². The molecule has 3 aromatic rings. The van der Waals surface area contributed by atoms with Crippen LogP contribution in [0.15, 0.2) is 45.9 Å². The van der Waals surface area contributed by atoms with Crippen LogP contribution in [0.5, 0.6) is 11.6 Å². The summed E-state index contributed by atoms with van der Waals surface area (Å²) in [7, 11) is 1.65. The number of aromatic nitrogens is 3. The van der Waals surface area contributed by atoms with E-state index < -0.39 is 46.9 Å². The van der Waals surface area contributed by atoms with E-state index in [0.29, 0.717) is 10.5 Å². The molecular formula is C27H28BrF5N4O4. The fourth-order valence-corrected chi connectivity index (χ4v) is 4.84. The van der Waals surface area contributed by atoms with Crippen molar-refractivity contribution in [3.63, 3.8) is 0 Å². The summed E-state index contributed by atoms with van der Waals surface area (Å²) in [6, 6.07) is 2.03. The van der Waals surface area contributed by atoms with Crippen LogP contribution in [0.25, 0.3) is 0 Å². The van der Waals surface area contributed by atoms with Crippen molar-refractivity contribution in [2.75, 3.05) is 19.6 Å². The molecule has 1 saturated heterocycles. The number of esters is 1. The van der Waals surface area contributed by atoms with Crippen molar-refractivity contribution in [1.29, 1.82) is 0 Å². The lowest BCUT2D eigenvalue weighted by atomic mass is 10.0. The number of likely N-dealkylation sites (tertiary alicyclic amines) is 1. The molecule has 41 heavy (non-hydrogen) atoms. The summed E-state index contributed by atoms with van der Waals surface area (Å²) in [6.45, 7) is 4.95. The molecule has 1 aliphatic rings. The third-order valence-electron chi connectivity index (χ3n) is 6.22. The van der Waals surface area contributed by atoms with Gasteiger partial charge < -0.3 is 9.47 Å². The Morgan fingerprint density at radius 1 is 1.17 bits per heavy atom. The van der Waals surface area contributed by atoms with Crippen molar-refractivity contribution in [2.24, 2.45) is 7.05 Å². The van der Waals surface area contributed by atoms with Gasteiger partial charge in [-0.1, -0.05) is 0 Å². The van der Waals surface area contributed by atoms with Crippen LogP contribution in [0.4, 0.5) is 22.0 Å². The van der Waals surface area contributed by atoms with Crippen LogP contribution in [0.3, 0.4) is 0 Å². The Balaban J connectivity index is 1.82. The highest BCUT2D eigenvalue weighted by Gasteiger charge is 2.37. The maximum absolute atomic E-state index is 15.3. The van der Waals surface area contributed by atoms with Gasteiger partial charge in [-0.15, -0.1) is 5.10 Å². The second-order valence-corrected chi connectivity index (χ2v) is 11.6. The smallest absolute Gasteiger partial charge is 0.416 e. The normalized spacial score (nSPS) is 15.5.